The van der Waals surface area contributed by atoms with Crippen LogP contribution in [0.4, 0.5) is 0 Å². The van der Waals surface area contributed by atoms with Crippen LogP contribution >= 0.6 is 0 Å². The van der Waals surface area contributed by atoms with Crippen molar-refractivity contribution in [3.05, 3.63) is 72.6 Å². The number of aromatic amines is 1. The van der Waals surface area contributed by atoms with Gasteiger partial charge in [0.25, 0.3) is 15.9 Å². The van der Waals surface area contributed by atoms with Gasteiger partial charge in [-0.25, -0.2) is 18.4 Å². The van der Waals surface area contributed by atoms with Crippen molar-refractivity contribution >= 4 is 32.7 Å². The van der Waals surface area contributed by atoms with Crippen molar-refractivity contribution in [3.63, 3.8) is 0 Å². The maximum atomic E-state index is 13.7. The average Bonchev–Trinajstić information content (AvgIpc) is 3.63. The van der Waals surface area contributed by atoms with Crippen LogP contribution in [0, 0.1) is 12.3 Å². The Kier molecular flexibility index (Phi) is 6.98. The molecule has 0 bridgehead atoms. The SMILES string of the molecule is C#Cc1ccc2[nH]c(S(=O)(=O)N3CCN(C(=O)c4ncc(-c5ccncc5)cn4)C(CN4CCCC4=O)C3)cc2c1. The summed E-state index contributed by atoms with van der Waals surface area (Å²) in [6.07, 6.45) is 13.2. The van der Waals surface area contributed by atoms with Gasteiger partial charge in [-0.15, -0.1) is 6.42 Å². The summed E-state index contributed by atoms with van der Waals surface area (Å²) in [5.41, 5.74) is 2.92. The van der Waals surface area contributed by atoms with E-state index < -0.39 is 22.0 Å². The van der Waals surface area contributed by atoms with Gasteiger partial charge in [-0.2, -0.15) is 4.31 Å². The molecule has 0 radical (unpaired) electrons. The fourth-order valence-corrected chi connectivity index (χ4v) is 6.84. The number of nitrogens with one attached hydrogen (secondary N) is 1. The molecular formula is C29H27N7O4S. The second-order valence-electron chi connectivity index (χ2n) is 10.1. The zero-order chi connectivity index (χ0) is 28.6. The van der Waals surface area contributed by atoms with E-state index >= 15 is 0 Å². The molecule has 2 aliphatic heterocycles. The van der Waals surface area contributed by atoms with Crippen molar-refractivity contribution in [2.24, 2.45) is 0 Å². The van der Waals surface area contributed by atoms with Crippen molar-refractivity contribution in [1.29, 1.82) is 0 Å². The second-order valence-corrected chi connectivity index (χ2v) is 12.0. The Labute approximate surface area is 237 Å². The number of rotatable bonds is 6. The number of carbonyl (C=O) groups is 2. The van der Waals surface area contributed by atoms with E-state index in [2.05, 4.69) is 25.9 Å². The van der Waals surface area contributed by atoms with Crippen LogP contribution in [0.3, 0.4) is 0 Å². The molecule has 2 amide bonds. The minimum absolute atomic E-state index is 0.00438. The number of terminal acetylenes is 1. The number of benzene rings is 1. The van der Waals surface area contributed by atoms with Gasteiger partial charge in [-0.3, -0.25) is 14.6 Å². The summed E-state index contributed by atoms with van der Waals surface area (Å²) in [6.45, 7) is 1.03. The number of nitrogens with zero attached hydrogens (tertiary/aromatic N) is 6. The van der Waals surface area contributed by atoms with Crippen molar-refractivity contribution < 1.29 is 18.0 Å². The standard InChI is InChI=1S/C29H27N7O4S/c1-2-20-5-6-25-22(14-20)15-26(33-25)41(39,40)35-12-13-36(24(19-35)18-34-11-3-4-27(34)37)29(38)28-31-16-23(17-32-28)21-7-9-30-10-8-21/h1,5-10,14-17,24,33H,3-4,11-13,18-19H2. The lowest BCUT2D eigenvalue weighted by Crippen LogP contribution is -2.60. The predicted octanol–water partition coefficient (Wildman–Crippen LogP) is 2.14. The average molecular weight is 570 g/mol. The molecule has 4 aromatic rings. The van der Waals surface area contributed by atoms with Crippen LogP contribution in [0.25, 0.3) is 22.0 Å². The molecule has 3 aromatic heterocycles. The Balaban J connectivity index is 1.26. The highest BCUT2D eigenvalue weighted by Gasteiger charge is 2.39. The van der Waals surface area contributed by atoms with Crippen molar-refractivity contribution in [2.75, 3.05) is 32.7 Å². The highest BCUT2D eigenvalue weighted by molar-refractivity contribution is 7.89. The van der Waals surface area contributed by atoms with Gasteiger partial charge in [0.05, 0.1) is 6.04 Å². The number of fused-ring (bicyclic) bond motifs is 1. The van der Waals surface area contributed by atoms with Gasteiger partial charge in [0.15, 0.2) is 0 Å². The molecule has 1 aromatic carbocycles. The van der Waals surface area contributed by atoms with Gasteiger partial charge >= 0.3 is 0 Å². The Hall–Kier alpha value is -4.60. The first-order valence-corrected chi connectivity index (χ1v) is 14.7. The van der Waals surface area contributed by atoms with Crippen LogP contribution in [0.2, 0.25) is 0 Å². The fourth-order valence-electron chi connectivity index (χ4n) is 5.35. The zero-order valence-corrected chi connectivity index (χ0v) is 22.9. The molecule has 1 atom stereocenters. The van der Waals surface area contributed by atoms with Crippen LogP contribution in [-0.4, -0.2) is 93.0 Å². The molecule has 12 heteroatoms. The first-order chi connectivity index (χ1) is 19.8. The van der Waals surface area contributed by atoms with Crippen LogP contribution in [0.15, 0.2) is 66.2 Å². The van der Waals surface area contributed by atoms with Crippen molar-refractivity contribution in [3.8, 4) is 23.5 Å². The highest BCUT2D eigenvalue weighted by atomic mass is 32.2. The molecule has 2 saturated heterocycles. The number of carbonyl (C=O) groups excluding carboxylic acids is 2. The van der Waals surface area contributed by atoms with Crippen LogP contribution in [-0.2, 0) is 14.8 Å². The monoisotopic (exact) mass is 569 g/mol. The summed E-state index contributed by atoms with van der Waals surface area (Å²) in [5.74, 6) is 2.15. The molecule has 11 nitrogen and oxygen atoms in total. The number of sulfonamides is 1. The van der Waals surface area contributed by atoms with Gasteiger partial charge in [0.2, 0.25) is 11.7 Å². The van der Waals surface area contributed by atoms with E-state index in [1.165, 1.54) is 4.31 Å². The topological polar surface area (TPSA) is 132 Å². The first kappa shape index (κ1) is 26.6. The van der Waals surface area contributed by atoms with Gasteiger partial charge in [-0.05, 0) is 48.4 Å². The molecule has 6 rings (SSSR count). The van der Waals surface area contributed by atoms with E-state index in [1.54, 1.807) is 58.9 Å². The number of aromatic nitrogens is 4. The van der Waals surface area contributed by atoms with Gasteiger partial charge in [0.1, 0.15) is 5.03 Å². The largest absolute Gasteiger partial charge is 0.345 e. The quantitative estimate of drug-likeness (QED) is 0.352. The number of pyridine rings is 1. The third-order valence-electron chi connectivity index (χ3n) is 7.55. The molecule has 0 aliphatic carbocycles. The number of hydrogen-bond donors (Lipinski definition) is 1. The van der Waals surface area contributed by atoms with E-state index in [0.717, 1.165) is 17.5 Å². The number of piperazine rings is 1. The lowest BCUT2D eigenvalue weighted by atomic mass is 10.1. The molecule has 5 heterocycles. The number of hydrogen-bond acceptors (Lipinski definition) is 7. The molecule has 41 heavy (non-hydrogen) atoms. The van der Waals surface area contributed by atoms with E-state index in [1.807, 2.05) is 12.1 Å². The second kappa shape index (κ2) is 10.8. The van der Waals surface area contributed by atoms with Gasteiger partial charge in [0, 0.05) is 86.0 Å². The summed E-state index contributed by atoms with van der Waals surface area (Å²) in [7, 11) is -3.93. The number of likely N-dealkylation sites (tertiary alicyclic amines) is 1. The number of amides is 2. The van der Waals surface area contributed by atoms with Gasteiger partial charge in [-0.1, -0.05) is 5.92 Å². The molecule has 0 spiro atoms. The molecular weight excluding hydrogens is 542 g/mol. The summed E-state index contributed by atoms with van der Waals surface area (Å²) < 4.78 is 28.8. The third-order valence-corrected chi connectivity index (χ3v) is 9.33. The molecule has 1 unspecified atom stereocenters. The summed E-state index contributed by atoms with van der Waals surface area (Å²) in [4.78, 5) is 45.0. The summed E-state index contributed by atoms with van der Waals surface area (Å²) in [6, 6.07) is 9.89. The third kappa shape index (κ3) is 5.17. The number of H-pyrrole nitrogens is 1. The molecule has 2 fully saturated rings. The molecule has 2 aliphatic rings. The van der Waals surface area contributed by atoms with E-state index in [9.17, 15) is 18.0 Å². The molecule has 0 saturated carbocycles. The van der Waals surface area contributed by atoms with Crippen molar-refractivity contribution in [2.45, 2.75) is 23.9 Å². The first-order valence-electron chi connectivity index (χ1n) is 13.2. The lowest BCUT2D eigenvalue weighted by Gasteiger charge is -2.41. The van der Waals surface area contributed by atoms with Crippen LogP contribution < -0.4 is 0 Å². The lowest BCUT2D eigenvalue weighted by molar-refractivity contribution is -0.128. The Bertz CT molecular complexity index is 1760. The Morgan fingerprint density at radius 1 is 1.05 bits per heavy atom. The van der Waals surface area contributed by atoms with E-state index in [4.69, 9.17) is 6.42 Å². The predicted molar refractivity (Wildman–Crippen MR) is 151 cm³/mol. The minimum Gasteiger partial charge on any atom is -0.345 e. The van der Waals surface area contributed by atoms with Crippen molar-refractivity contribution in [1.82, 2.24) is 34.0 Å². The van der Waals surface area contributed by atoms with Gasteiger partial charge < -0.3 is 14.8 Å². The molecule has 208 valence electrons. The van der Waals surface area contributed by atoms with E-state index in [-0.39, 0.29) is 42.9 Å². The van der Waals surface area contributed by atoms with Crippen LogP contribution in [0.1, 0.15) is 29.0 Å². The fraction of sp³-hybridized carbons (Fsp3) is 0.276. The maximum Gasteiger partial charge on any atom is 0.292 e. The smallest absolute Gasteiger partial charge is 0.292 e. The summed E-state index contributed by atoms with van der Waals surface area (Å²) >= 11 is 0. The van der Waals surface area contributed by atoms with Crippen LogP contribution in [0.5, 0.6) is 0 Å². The Morgan fingerprint density at radius 3 is 2.54 bits per heavy atom. The highest BCUT2D eigenvalue weighted by Crippen LogP contribution is 2.26. The maximum absolute atomic E-state index is 13.7. The molecule has 1 N–H and O–H groups in total. The zero-order valence-electron chi connectivity index (χ0n) is 22.1. The van der Waals surface area contributed by atoms with E-state index in [0.29, 0.717) is 29.4 Å². The summed E-state index contributed by atoms with van der Waals surface area (Å²) in [5, 5.41) is 0.742. The normalized spacial score (nSPS) is 18.1. The minimum atomic E-state index is -3.93. The Morgan fingerprint density at radius 2 is 1.83 bits per heavy atom.